The lowest BCUT2D eigenvalue weighted by atomic mass is 9.93. The fourth-order valence-electron chi connectivity index (χ4n) is 3.10. The predicted octanol–water partition coefficient (Wildman–Crippen LogP) is 3.41. The van der Waals surface area contributed by atoms with E-state index in [1.54, 1.807) is 11.0 Å². The number of carbonyl (C=O) groups is 1. The molecular formula is C23H37N7O2. The van der Waals surface area contributed by atoms with Crippen molar-refractivity contribution in [1.29, 1.82) is 0 Å². The summed E-state index contributed by atoms with van der Waals surface area (Å²) < 4.78 is 7.17. The van der Waals surface area contributed by atoms with Crippen LogP contribution in [0.1, 0.15) is 59.9 Å². The predicted molar refractivity (Wildman–Crippen MR) is 127 cm³/mol. The molecule has 1 aromatic heterocycles. The molecule has 2 aromatic rings. The molecule has 32 heavy (non-hydrogen) atoms. The van der Waals surface area contributed by atoms with E-state index in [-0.39, 0.29) is 0 Å². The van der Waals surface area contributed by atoms with Crippen molar-refractivity contribution in [1.82, 2.24) is 30.7 Å². The number of rotatable bonds is 9. The second-order valence-corrected chi connectivity index (χ2v) is 8.67. The Kier molecular flexibility index (Phi) is 9.04. The van der Waals surface area contributed by atoms with Gasteiger partial charge in [-0.2, -0.15) is 5.10 Å². The molecule has 0 aliphatic rings. The van der Waals surface area contributed by atoms with Gasteiger partial charge in [-0.15, -0.1) is 0 Å². The van der Waals surface area contributed by atoms with Crippen LogP contribution in [0.15, 0.2) is 41.9 Å². The van der Waals surface area contributed by atoms with E-state index < -0.39 is 17.2 Å². The average molecular weight is 444 g/mol. The van der Waals surface area contributed by atoms with Crippen molar-refractivity contribution in [2.24, 2.45) is 4.99 Å². The maximum atomic E-state index is 12.4. The van der Waals surface area contributed by atoms with Gasteiger partial charge in [0.25, 0.3) is 0 Å². The first kappa shape index (κ1) is 25.2. The van der Waals surface area contributed by atoms with Crippen LogP contribution in [0.3, 0.4) is 0 Å². The third-order valence-corrected chi connectivity index (χ3v) is 5.10. The number of aliphatic imine (C=N–C) groups is 1. The highest BCUT2D eigenvalue weighted by atomic mass is 16.6. The number of nitrogens with one attached hydrogen (secondary N) is 3. The zero-order valence-electron chi connectivity index (χ0n) is 20.1. The molecule has 0 atom stereocenters. The molecule has 0 saturated heterocycles. The largest absolute Gasteiger partial charge is 0.444 e. The number of carbonyl (C=O) groups excluding carboxylic acids is 1. The Morgan fingerprint density at radius 1 is 1.09 bits per heavy atom. The highest BCUT2D eigenvalue weighted by Crippen LogP contribution is 2.16. The van der Waals surface area contributed by atoms with Crippen LogP contribution >= 0.6 is 0 Å². The van der Waals surface area contributed by atoms with Gasteiger partial charge in [0.05, 0.1) is 17.8 Å². The molecule has 9 heteroatoms. The summed E-state index contributed by atoms with van der Waals surface area (Å²) in [5, 5.41) is 13.8. The van der Waals surface area contributed by atoms with Gasteiger partial charge < -0.3 is 20.7 Å². The van der Waals surface area contributed by atoms with Crippen molar-refractivity contribution in [3.8, 4) is 5.69 Å². The Balaban J connectivity index is 2.02. The molecule has 1 amide bonds. The Morgan fingerprint density at radius 3 is 2.31 bits per heavy atom. The lowest BCUT2D eigenvalue weighted by Crippen LogP contribution is -2.57. The van der Waals surface area contributed by atoms with E-state index in [1.165, 1.54) is 6.33 Å². The molecule has 176 valence electrons. The van der Waals surface area contributed by atoms with Crippen LogP contribution in [-0.2, 0) is 11.3 Å². The number of benzene rings is 1. The van der Waals surface area contributed by atoms with Gasteiger partial charge in [0, 0.05) is 13.1 Å². The molecule has 2 rings (SSSR count). The molecule has 0 spiro atoms. The van der Waals surface area contributed by atoms with Gasteiger partial charge in [0.15, 0.2) is 5.96 Å². The molecule has 1 aromatic carbocycles. The number of hydrogen-bond acceptors (Lipinski definition) is 5. The van der Waals surface area contributed by atoms with Crippen molar-refractivity contribution in [2.75, 3.05) is 13.1 Å². The van der Waals surface area contributed by atoms with Gasteiger partial charge in [-0.05, 0) is 58.2 Å². The molecule has 0 fully saturated rings. The van der Waals surface area contributed by atoms with E-state index in [2.05, 4.69) is 39.9 Å². The van der Waals surface area contributed by atoms with E-state index in [0.29, 0.717) is 19.0 Å². The van der Waals surface area contributed by atoms with Crippen LogP contribution in [0.4, 0.5) is 4.79 Å². The molecule has 0 bridgehead atoms. The Bertz CT molecular complexity index is 851. The summed E-state index contributed by atoms with van der Waals surface area (Å²) >= 11 is 0. The maximum Gasteiger partial charge on any atom is 0.408 e. The highest BCUT2D eigenvalue weighted by molar-refractivity contribution is 5.80. The van der Waals surface area contributed by atoms with Crippen LogP contribution in [0, 0.1) is 0 Å². The molecule has 0 unspecified atom stereocenters. The standard InChI is InChI=1S/C23H37N7O2/c1-7-23(8-2,29-21(31)32-22(4,5)6)15-27-20(25-9-3)26-14-18-10-12-19(13-11-18)30-17-24-16-28-30/h10-13,16-17H,7-9,14-15H2,1-6H3,(H,29,31)(H2,25,26,27). The summed E-state index contributed by atoms with van der Waals surface area (Å²) in [7, 11) is 0. The van der Waals surface area contributed by atoms with Gasteiger partial charge >= 0.3 is 6.09 Å². The smallest absolute Gasteiger partial charge is 0.408 e. The number of hydrogen-bond donors (Lipinski definition) is 3. The third-order valence-electron chi connectivity index (χ3n) is 5.10. The SMILES string of the molecule is CCNC(=NCc1ccc(-n2cncn2)cc1)NCC(CC)(CC)NC(=O)OC(C)(C)C. The molecule has 0 saturated carbocycles. The first-order valence-corrected chi connectivity index (χ1v) is 11.2. The van der Waals surface area contributed by atoms with Crippen LogP contribution in [0.25, 0.3) is 5.69 Å². The summed E-state index contributed by atoms with van der Waals surface area (Å²) in [6.07, 6.45) is 4.30. The lowest BCUT2D eigenvalue weighted by Gasteiger charge is -2.34. The van der Waals surface area contributed by atoms with E-state index in [1.807, 2.05) is 52.0 Å². The van der Waals surface area contributed by atoms with Crippen molar-refractivity contribution in [2.45, 2.75) is 72.1 Å². The molecular weight excluding hydrogens is 406 g/mol. The second-order valence-electron chi connectivity index (χ2n) is 8.67. The molecule has 9 nitrogen and oxygen atoms in total. The van der Waals surface area contributed by atoms with Crippen molar-refractivity contribution >= 4 is 12.1 Å². The van der Waals surface area contributed by atoms with Gasteiger partial charge in [0.1, 0.15) is 18.3 Å². The summed E-state index contributed by atoms with van der Waals surface area (Å²) in [5.74, 6) is 0.699. The number of aromatic nitrogens is 3. The minimum Gasteiger partial charge on any atom is -0.444 e. The van der Waals surface area contributed by atoms with Gasteiger partial charge in [-0.1, -0.05) is 26.0 Å². The number of amides is 1. The van der Waals surface area contributed by atoms with Crippen LogP contribution in [-0.4, -0.2) is 51.0 Å². The number of ether oxygens (including phenoxy) is 1. The van der Waals surface area contributed by atoms with Crippen molar-refractivity contribution < 1.29 is 9.53 Å². The zero-order chi connectivity index (χ0) is 23.6. The van der Waals surface area contributed by atoms with Crippen molar-refractivity contribution in [3.63, 3.8) is 0 Å². The van der Waals surface area contributed by atoms with Crippen LogP contribution < -0.4 is 16.0 Å². The Labute approximate surface area is 191 Å². The first-order valence-electron chi connectivity index (χ1n) is 11.2. The molecule has 0 radical (unpaired) electrons. The highest BCUT2D eigenvalue weighted by Gasteiger charge is 2.30. The maximum absolute atomic E-state index is 12.4. The quantitative estimate of drug-likeness (QED) is 0.405. The summed E-state index contributed by atoms with van der Waals surface area (Å²) in [4.78, 5) is 21.0. The fraction of sp³-hybridized carbons (Fsp3) is 0.565. The van der Waals surface area contributed by atoms with Crippen LogP contribution in [0.2, 0.25) is 0 Å². The van der Waals surface area contributed by atoms with E-state index in [9.17, 15) is 4.79 Å². The van der Waals surface area contributed by atoms with Crippen molar-refractivity contribution in [3.05, 3.63) is 42.5 Å². The lowest BCUT2D eigenvalue weighted by molar-refractivity contribution is 0.0448. The summed E-state index contributed by atoms with van der Waals surface area (Å²) in [6.45, 7) is 13.5. The minimum absolute atomic E-state index is 0.405. The number of guanidine groups is 1. The number of alkyl carbamates (subject to hydrolysis) is 1. The fourth-order valence-corrected chi connectivity index (χ4v) is 3.10. The second kappa shape index (κ2) is 11.5. The van der Waals surface area contributed by atoms with E-state index in [0.717, 1.165) is 30.6 Å². The topological polar surface area (TPSA) is 105 Å². The molecule has 1 heterocycles. The Hall–Kier alpha value is -3.10. The summed E-state index contributed by atoms with van der Waals surface area (Å²) in [5.41, 5.74) is 1.06. The molecule has 0 aliphatic heterocycles. The van der Waals surface area contributed by atoms with Gasteiger partial charge in [-0.25, -0.2) is 19.5 Å². The van der Waals surface area contributed by atoms with Crippen LogP contribution in [0.5, 0.6) is 0 Å². The van der Waals surface area contributed by atoms with E-state index >= 15 is 0 Å². The average Bonchev–Trinajstić information content (AvgIpc) is 3.28. The minimum atomic E-state index is -0.537. The monoisotopic (exact) mass is 443 g/mol. The molecule has 0 aliphatic carbocycles. The normalized spacial score (nSPS) is 12.4. The summed E-state index contributed by atoms with van der Waals surface area (Å²) in [6, 6.07) is 8.03. The first-order chi connectivity index (χ1) is 15.2. The number of nitrogens with zero attached hydrogens (tertiary/aromatic N) is 4. The zero-order valence-corrected chi connectivity index (χ0v) is 20.1. The third kappa shape index (κ3) is 7.86. The molecule has 3 N–H and O–H groups in total. The van der Waals surface area contributed by atoms with E-state index in [4.69, 9.17) is 9.73 Å². The van der Waals surface area contributed by atoms with Gasteiger partial charge in [0.2, 0.25) is 0 Å². The van der Waals surface area contributed by atoms with Gasteiger partial charge in [-0.3, -0.25) is 0 Å². The Morgan fingerprint density at radius 2 is 1.78 bits per heavy atom.